The summed E-state index contributed by atoms with van der Waals surface area (Å²) in [6, 6.07) is 7.69. The third-order valence-electron chi connectivity index (χ3n) is 5.47. The predicted molar refractivity (Wildman–Crippen MR) is 113 cm³/mol. The van der Waals surface area contributed by atoms with Crippen LogP contribution in [0.3, 0.4) is 0 Å². The van der Waals surface area contributed by atoms with Crippen molar-refractivity contribution in [2.45, 2.75) is 51.9 Å². The van der Waals surface area contributed by atoms with Gasteiger partial charge in [-0.15, -0.1) is 0 Å². The van der Waals surface area contributed by atoms with E-state index in [0.29, 0.717) is 30.0 Å². The van der Waals surface area contributed by atoms with Crippen molar-refractivity contribution < 1.29 is 19.1 Å². The highest BCUT2D eigenvalue weighted by molar-refractivity contribution is 6.11. The van der Waals surface area contributed by atoms with Gasteiger partial charge in [-0.05, 0) is 32.3 Å². The number of aliphatic imine (C=N–C) groups is 1. The Balaban J connectivity index is 2.09. The Morgan fingerprint density at radius 1 is 1.28 bits per heavy atom. The fourth-order valence-electron chi connectivity index (χ4n) is 4.13. The highest BCUT2D eigenvalue weighted by atomic mass is 16.5. The third-order valence-corrected chi connectivity index (χ3v) is 5.47. The lowest BCUT2D eigenvalue weighted by Gasteiger charge is -2.36. The number of fused-ring (bicyclic) bond motifs is 1. The maximum absolute atomic E-state index is 13.0. The zero-order valence-electron chi connectivity index (χ0n) is 17.3. The van der Waals surface area contributed by atoms with Gasteiger partial charge in [0.15, 0.2) is 0 Å². The zero-order chi connectivity index (χ0) is 20.8. The van der Waals surface area contributed by atoms with Crippen LogP contribution in [0.1, 0.15) is 57.4 Å². The first-order valence-corrected chi connectivity index (χ1v) is 10.4. The molecule has 0 radical (unpaired) electrons. The summed E-state index contributed by atoms with van der Waals surface area (Å²) >= 11 is 0. The second-order valence-electron chi connectivity index (χ2n) is 7.50. The van der Waals surface area contributed by atoms with Crippen molar-refractivity contribution in [3.63, 3.8) is 0 Å². The van der Waals surface area contributed by atoms with Gasteiger partial charge in [-0.1, -0.05) is 44.2 Å². The monoisotopic (exact) mass is 395 g/mol. The summed E-state index contributed by atoms with van der Waals surface area (Å²) in [7, 11) is 0. The lowest BCUT2D eigenvalue weighted by molar-refractivity contribution is -0.138. The molecule has 2 aliphatic rings. The number of esters is 1. The van der Waals surface area contributed by atoms with Crippen LogP contribution in [0.2, 0.25) is 0 Å². The van der Waals surface area contributed by atoms with E-state index in [9.17, 15) is 9.59 Å². The van der Waals surface area contributed by atoms with E-state index in [1.165, 1.54) is 6.08 Å². The normalized spacial score (nSPS) is 21.3. The highest BCUT2D eigenvalue weighted by Crippen LogP contribution is 2.45. The molecule has 3 rings (SSSR count). The quantitative estimate of drug-likeness (QED) is 0.361. The summed E-state index contributed by atoms with van der Waals surface area (Å²) in [4.78, 5) is 30.6. The van der Waals surface area contributed by atoms with Crippen molar-refractivity contribution in [3.8, 4) is 5.75 Å². The molecule has 1 saturated carbocycles. The number of nitrogens with zero attached hydrogens (tertiary/aromatic N) is 1. The lowest BCUT2D eigenvalue weighted by atomic mass is 9.69. The minimum Gasteiger partial charge on any atom is -0.493 e. The molecule has 1 aliphatic carbocycles. The first-order valence-electron chi connectivity index (χ1n) is 10.4. The number of benzene rings is 1. The van der Waals surface area contributed by atoms with Gasteiger partial charge in [0.05, 0.1) is 18.1 Å². The van der Waals surface area contributed by atoms with Gasteiger partial charge in [0, 0.05) is 29.3 Å². The van der Waals surface area contributed by atoms with Crippen molar-refractivity contribution in [3.05, 3.63) is 53.8 Å². The molecule has 0 spiro atoms. The minimum absolute atomic E-state index is 0.117. The van der Waals surface area contributed by atoms with E-state index in [4.69, 9.17) is 9.47 Å². The second kappa shape index (κ2) is 9.68. The fourth-order valence-corrected chi connectivity index (χ4v) is 4.13. The van der Waals surface area contributed by atoms with E-state index in [2.05, 4.69) is 18.5 Å². The molecular formula is C24H29NO4. The summed E-state index contributed by atoms with van der Waals surface area (Å²) in [5.41, 5.74) is 2.78. The van der Waals surface area contributed by atoms with Crippen LogP contribution in [0.4, 0.5) is 0 Å². The average molecular weight is 395 g/mol. The summed E-state index contributed by atoms with van der Waals surface area (Å²) in [5.74, 6) is -0.477. The number of carbonyl (C=O) groups excluding carboxylic acids is 2. The Morgan fingerprint density at radius 3 is 2.83 bits per heavy atom. The maximum Gasteiger partial charge on any atom is 0.336 e. The summed E-state index contributed by atoms with van der Waals surface area (Å²) in [6.45, 7) is 8.26. The number of hydrogen-bond donors (Lipinski definition) is 0. The topological polar surface area (TPSA) is 65.0 Å². The van der Waals surface area contributed by atoms with E-state index in [0.717, 1.165) is 37.0 Å². The fraction of sp³-hybridized carbons (Fsp3) is 0.458. The van der Waals surface area contributed by atoms with E-state index >= 15 is 0 Å². The molecule has 5 heteroatoms. The number of carbonyl (C=O) groups is 2. The van der Waals surface area contributed by atoms with E-state index in [1.807, 2.05) is 31.2 Å². The Hall–Kier alpha value is -2.69. The molecule has 29 heavy (non-hydrogen) atoms. The smallest absolute Gasteiger partial charge is 0.336 e. The summed E-state index contributed by atoms with van der Waals surface area (Å²) in [5, 5.41) is 0. The average Bonchev–Trinajstić information content (AvgIpc) is 2.72. The van der Waals surface area contributed by atoms with Gasteiger partial charge in [0.1, 0.15) is 18.1 Å². The molecule has 1 unspecified atom stereocenters. The highest BCUT2D eigenvalue weighted by Gasteiger charge is 2.44. The molecule has 1 aromatic rings. The number of ketones is 1. The van der Waals surface area contributed by atoms with Gasteiger partial charge in [-0.25, -0.2) is 4.79 Å². The minimum atomic E-state index is -0.447. The van der Waals surface area contributed by atoms with Gasteiger partial charge < -0.3 is 9.47 Å². The van der Waals surface area contributed by atoms with Crippen molar-refractivity contribution in [2.75, 3.05) is 13.2 Å². The molecule has 2 atom stereocenters. The molecule has 1 fully saturated rings. The molecule has 0 amide bonds. The first-order chi connectivity index (χ1) is 14.1. The van der Waals surface area contributed by atoms with Gasteiger partial charge in [-0.2, -0.15) is 0 Å². The molecule has 1 heterocycles. The number of Topliss-reactive ketones (excluding diaryl/α,β-unsaturated/α-hetero) is 1. The van der Waals surface area contributed by atoms with Gasteiger partial charge >= 0.3 is 5.97 Å². The zero-order valence-corrected chi connectivity index (χ0v) is 17.3. The molecule has 1 aliphatic heterocycles. The molecular weight excluding hydrogens is 366 g/mol. The standard InChI is InChI=1S/C24H29NO4/c1-4-6-15-28-20-13-8-7-10-17(20)22-21(24(27)29-14-5-2)16(3)25-18-11-9-12-19(26)23(18)22/h5,7-8,10,13,22-23H,2,4,6,9,11-12,14-15H2,1,3H3/t22-,23?/m1/s1. The SMILES string of the molecule is C=CCOC(=O)C1=C(C)N=C2CCCC(=O)C2[C@@H]1c1ccccc1OCCCC. The van der Waals surface area contributed by atoms with Crippen LogP contribution in [0, 0.1) is 5.92 Å². The number of allylic oxidation sites excluding steroid dienone is 1. The Bertz CT molecular complexity index is 852. The molecule has 5 nitrogen and oxygen atoms in total. The molecule has 0 N–H and O–H groups in total. The molecule has 0 bridgehead atoms. The maximum atomic E-state index is 13.0. The van der Waals surface area contributed by atoms with Crippen LogP contribution in [-0.4, -0.2) is 30.7 Å². The van der Waals surface area contributed by atoms with Crippen LogP contribution in [0.25, 0.3) is 0 Å². The number of ether oxygens (including phenoxy) is 2. The molecule has 154 valence electrons. The van der Waals surface area contributed by atoms with Crippen molar-refractivity contribution in [1.29, 1.82) is 0 Å². The number of para-hydroxylation sites is 1. The lowest BCUT2D eigenvalue weighted by Crippen LogP contribution is -2.39. The number of hydrogen-bond acceptors (Lipinski definition) is 5. The summed E-state index contributed by atoms with van der Waals surface area (Å²) in [6.07, 6.45) is 5.59. The number of rotatable bonds is 8. The van der Waals surface area contributed by atoms with E-state index in [-0.39, 0.29) is 12.4 Å². The molecule has 0 saturated heterocycles. The van der Waals surface area contributed by atoms with Crippen molar-refractivity contribution in [2.24, 2.45) is 10.9 Å². The van der Waals surface area contributed by atoms with Crippen molar-refractivity contribution >= 4 is 17.5 Å². The van der Waals surface area contributed by atoms with E-state index in [1.54, 1.807) is 0 Å². The van der Waals surface area contributed by atoms with Crippen LogP contribution in [0.15, 0.2) is 53.2 Å². The van der Waals surface area contributed by atoms with Crippen LogP contribution >= 0.6 is 0 Å². The van der Waals surface area contributed by atoms with Gasteiger partial charge in [0.2, 0.25) is 0 Å². The van der Waals surface area contributed by atoms with Crippen LogP contribution in [-0.2, 0) is 14.3 Å². The van der Waals surface area contributed by atoms with E-state index < -0.39 is 17.8 Å². The Morgan fingerprint density at radius 2 is 2.07 bits per heavy atom. The van der Waals surface area contributed by atoms with Crippen LogP contribution < -0.4 is 4.74 Å². The van der Waals surface area contributed by atoms with Crippen molar-refractivity contribution in [1.82, 2.24) is 0 Å². The van der Waals surface area contributed by atoms with Gasteiger partial charge in [-0.3, -0.25) is 9.79 Å². The van der Waals surface area contributed by atoms with Gasteiger partial charge in [0.25, 0.3) is 0 Å². The molecule has 0 aromatic heterocycles. The number of unbranched alkanes of at least 4 members (excludes halogenated alkanes) is 1. The Kier molecular flexibility index (Phi) is 7.02. The molecule has 1 aromatic carbocycles. The third kappa shape index (κ3) is 4.50. The first kappa shape index (κ1) is 21.0. The Labute approximate surface area is 172 Å². The second-order valence-corrected chi connectivity index (χ2v) is 7.50. The largest absolute Gasteiger partial charge is 0.493 e. The predicted octanol–water partition coefficient (Wildman–Crippen LogP) is 4.78. The summed E-state index contributed by atoms with van der Waals surface area (Å²) < 4.78 is 11.4. The van der Waals surface area contributed by atoms with Crippen LogP contribution in [0.5, 0.6) is 5.75 Å².